The van der Waals surface area contributed by atoms with Gasteiger partial charge in [0.25, 0.3) is 0 Å². The van der Waals surface area contributed by atoms with Crippen molar-refractivity contribution >= 4 is 136 Å². The summed E-state index contributed by atoms with van der Waals surface area (Å²) >= 11 is -6.05. The van der Waals surface area contributed by atoms with Gasteiger partial charge in [-0.1, -0.05) is 0 Å². The van der Waals surface area contributed by atoms with Gasteiger partial charge in [-0.25, -0.2) is 0 Å². The molecule has 17 heteroatoms. The number of benzene rings is 8. The van der Waals surface area contributed by atoms with Crippen LogP contribution in [0.25, 0.3) is 64.6 Å². The van der Waals surface area contributed by atoms with Crippen molar-refractivity contribution in [3.63, 3.8) is 0 Å². The number of hydrogen-bond acceptors (Lipinski definition) is 12. The molecule has 14 nitrogen and oxygen atoms in total. The maximum absolute atomic E-state index is 8.47. The van der Waals surface area contributed by atoms with E-state index in [1.54, 1.807) is 0 Å². The van der Waals surface area contributed by atoms with E-state index in [-0.39, 0.29) is 0 Å². The molecule has 0 saturated heterocycles. The minimum absolute atomic E-state index is 0.371. The Morgan fingerprint density at radius 2 is 0.675 bits per heavy atom. The molecule has 0 radical (unpaired) electrons. The molecule has 8 aromatic carbocycles. The zero-order valence-electron chi connectivity index (χ0n) is 49.6. The number of amidine groups is 4. The zero-order chi connectivity index (χ0) is 57.8. The van der Waals surface area contributed by atoms with Gasteiger partial charge in [-0.15, -0.1) is 0 Å². The Bertz CT molecular complexity index is 4820. The van der Waals surface area contributed by atoms with Crippen molar-refractivity contribution in [3.8, 4) is 23.0 Å². The van der Waals surface area contributed by atoms with Crippen LogP contribution in [0.1, 0.15) is 72.2 Å². The van der Waals surface area contributed by atoms with E-state index in [4.69, 9.17) is 54.4 Å². The Hall–Kier alpha value is -7.49. The zero-order valence-corrected chi connectivity index (χ0v) is 54.4. The first-order valence-electron chi connectivity index (χ1n) is 29.0. The molecule has 0 aliphatic carbocycles. The van der Waals surface area contributed by atoms with E-state index in [9.17, 15) is 0 Å². The normalized spacial score (nSPS) is 15.0. The molecular formula is C66H66N8O6Si2Sn. The Morgan fingerprint density at radius 1 is 0.349 bits per heavy atom. The summed E-state index contributed by atoms with van der Waals surface area (Å²) in [5.41, 5.74) is 8.27. The van der Waals surface area contributed by atoms with Crippen molar-refractivity contribution in [1.29, 1.82) is 0 Å². The molecular weight excluding hydrogens is 1180 g/mol. The van der Waals surface area contributed by atoms with E-state index >= 15 is 0 Å². The van der Waals surface area contributed by atoms with Gasteiger partial charge in [0, 0.05) is 0 Å². The molecule has 0 unspecified atom stereocenters. The van der Waals surface area contributed by atoms with Crippen LogP contribution in [0, 0.1) is 27.7 Å². The van der Waals surface area contributed by atoms with Gasteiger partial charge in [-0.05, 0) is 0 Å². The number of aliphatic imine (C=N–C) groups is 4. The Balaban J connectivity index is 1.38. The standard InChI is InChI=1S/C60H48N8O4.2C3H9OSi.Sn/c1-9-69-49-37-25-17-13-21-33(37)29(5)41-45(49)57-62-53(41)61-54-42-30(6)34-22-14-18-26-38(34)50(70-10-2)46(42)58(63-54)65-56-44-32(8)36-24-16-20-28-40(36)52(72-12-4)48(44)60(67-56)68-59-47-43(55(64-57)66-59)31(7)35-23-15-19-27-39(35)51(47)71-11-3;2*1-5(2,3)4;/h13-28H,9-12H2,1-8H3;2*1-3H3;/q-2;2*-1;+4. The first-order valence-corrected chi connectivity index (χ1v) is 40.7. The first kappa shape index (κ1) is 53.5. The van der Waals surface area contributed by atoms with Crippen LogP contribution < -0.4 is 29.9 Å². The molecule has 4 aliphatic rings. The molecule has 418 valence electrons. The fourth-order valence-corrected chi connectivity index (χ4v) is 38.8. The maximum atomic E-state index is 8.47. The van der Waals surface area contributed by atoms with Crippen molar-refractivity contribution < 1.29 is 24.5 Å². The summed E-state index contributed by atoms with van der Waals surface area (Å²) in [6, 6.07) is 33.8. The molecule has 10 aromatic rings. The van der Waals surface area contributed by atoms with Crippen LogP contribution in [0.4, 0.5) is 11.6 Å². The van der Waals surface area contributed by atoms with Crippen molar-refractivity contribution in [1.82, 2.24) is 5.58 Å². The summed E-state index contributed by atoms with van der Waals surface area (Å²) in [5, 5.41) is 11.1. The summed E-state index contributed by atoms with van der Waals surface area (Å²) in [6.07, 6.45) is 0. The summed E-state index contributed by atoms with van der Waals surface area (Å²) < 4.78 is 49.5. The van der Waals surface area contributed by atoms with Crippen LogP contribution >= 0.6 is 0 Å². The number of aryl methyl sites for hydroxylation is 4. The molecule has 2 aromatic heterocycles. The topological polar surface area (TPSA) is 139 Å². The Labute approximate surface area is 489 Å². The van der Waals surface area contributed by atoms with Gasteiger partial charge in [0.15, 0.2) is 0 Å². The summed E-state index contributed by atoms with van der Waals surface area (Å²) in [4.78, 5) is 35.7. The second-order valence-corrected chi connectivity index (χ2v) is 41.7. The van der Waals surface area contributed by atoms with E-state index in [0.717, 1.165) is 109 Å². The third-order valence-electron chi connectivity index (χ3n) is 16.2. The van der Waals surface area contributed by atoms with Crippen LogP contribution in [0.15, 0.2) is 127 Å². The molecule has 0 fully saturated rings. The molecule has 0 spiro atoms. The predicted octanol–water partition coefficient (Wildman–Crippen LogP) is 14.5. The number of ether oxygens (including phenoxy) is 4. The predicted molar refractivity (Wildman–Crippen MR) is 344 cm³/mol. The van der Waals surface area contributed by atoms with Crippen molar-refractivity contribution in [2.24, 2.45) is 30.0 Å². The number of hydrogen-bond donors (Lipinski definition) is 0. The van der Waals surface area contributed by atoms with Gasteiger partial charge in [0.2, 0.25) is 0 Å². The van der Waals surface area contributed by atoms with Crippen molar-refractivity contribution in [2.45, 2.75) is 94.7 Å². The third-order valence-corrected chi connectivity index (χ3v) is 38.7. The van der Waals surface area contributed by atoms with Crippen LogP contribution in [-0.4, -0.2) is 91.7 Å². The van der Waals surface area contributed by atoms with Crippen molar-refractivity contribution in [3.05, 3.63) is 153 Å². The summed E-state index contributed by atoms with van der Waals surface area (Å²) in [7, 11) is -5.69. The molecule has 6 heterocycles. The monoisotopic (exact) mass is 1240 g/mol. The number of rotatable bonds is 12. The number of nitrogens with zero attached hydrogens (tertiary/aromatic N) is 8. The van der Waals surface area contributed by atoms with Gasteiger partial charge in [-0.2, -0.15) is 0 Å². The Morgan fingerprint density at radius 3 is 1.08 bits per heavy atom. The molecule has 6 bridgehead atoms. The molecule has 0 atom stereocenters. The van der Waals surface area contributed by atoms with E-state index in [1.807, 2.05) is 27.7 Å². The second kappa shape index (κ2) is 19.3. The minimum atomic E-state index is -6.05. The van der Waals surface area contributed by atoms with E-state index < -0.39 is 36.4 Å². The quantitative estimate of drug-likeness (QED) is 0.112. The first-order chi connectivity index (χ1) is 39.9. The van der Waals surface area contributed by atoms with Crippen LogP contribution in [0.5, 0.6) is 23.0 Å². The third kappa shape index (κ3) is 7.77. The van der Waals surface area contributed by atoms with E-state index in [0.29, 0.717) is 95.4 Å². The number of fused-ring (bicyclic) bond motifs is 18. The SMILES string of the molecule is CCOc1c2c(c(C)c3ccccc13)C1=NC2=Nc2c3c(C)c4ccccc4c(OCC)c3c3[n]2[Sn]([O][Si](C)(C)C)([O][Si](C)(C)C)[n]2c(c4c(C)c5ccccc5c(OCC)c4c2=NC2=NC(=N3)c3c2c(C)c2ccccc2c3OCC)=N1. The molecule has 83 heavy (non-hydrogen) atoms. The molecule has 0 N–H and O–H groups in total. The van der Waals surface area contributed by atoms with Gasteiger partial charge < -0.3 is 0 Å². The fraction of sp³-hybridized carbons (Fsp3) is 0.273. The van der Waals surface area contributed by atoms with Gasteiger partial charge in [-0.3, -0.25) is 0 Å². The molecule has 0 saturated carbocycles. The average Bonchev–Trinajstić information content (AvgIpc) is 3.11. The average molecular weight is 1240 g/mol. The van der Waals surface area contributed by atoms with Gasteiger partial charge >= 0.3 is 493 Å². The number of aromatic nitrogens is 2. The van der Waals surface area contributed by atoms with Crippen LogP contribution in [0.3, 0.4) is 0 Å². The van der Waals surface area contributed by atoms with Crippen molar-refractivity contribution in [2.75, 3.05) is 26.4 Å². The summed E-state index contributed by atoms with van der Waals surface area (Å²) in [5.74, 6) is 5.66. The van der Waals surface area contributed by atoms with Gasteiger partial charge in [0.05, 0.1) is 0 Å². The van der Waals surface area contributed by atoms with Crippen LogP contribution in [-0.2, 0) is 5.53 Å². The van der Waals surface area contributed by atoms with Gasteiger partial charge in [0.1, 0.15) is 0 Å². The van der Waals surface area contributed by atoms with E-state index in [1.165, 1.54) is 0 Å². The molecule has 0 amide bonds. The molecule has 4 aliphatic heterocycles. The second-order valence-electron chi connectivity index (χ2n) is 23.6. The summed E-state index contributed by atoms with van der Waals surface area (Å²) in [6.45, 7) is 31.8. The Kier molecular flexibility index (Phi) is 12.4. The van der Waals surface area contributed by atoms with Crippen LogP contribution in [0.2, 0.25) is 39.3 Å². The van der Waals surface area contributed by atoms with E-state index in [2.05, 4.69) is 170 Å². The molecule has 14 rings (SSSR count). The fourth-order valence-electron chi connectivity index (χ4n) is 13.3.